The summed E-state index contributed by atoms with van der Waals surface area (Å²) in [6, 6.07) is 5.65. The summed E-state index contributed by atoms with van der Waals surface area (Å²) in [6.07, 6.45) is 0.0903. The van der Waals surface area contributed by atoms with Gasteiger partial charge in [-0.3, -0.25) is 20.4 Å². The van der Waals surface area contributed by atoms with Crippen LogP contribution < -0.4 is 10.9 Å². The monoisotopic (exact) mass is 298 g/mol. The zero-order valence-corrected chi connectivity index (χ0v) is 12.6. The number of rotatable bonds is 4. The van der Waals surface area contributed by atoms with Gasteiger partial charge in [0.05, 0.1) is 12.2 Å². The number of nitrogens with one attached hydrogen (secondary N) is 2. The van der Waals surface area contributed by atoms with Crippen molar-refractivity contribution in [1.29, 1.82) is 0 Å². The number of amides is 2. The van der Waals surface area contributed by atoms with E-state index in [-0.39, 0.29) is 34.6 Å². The quantitative estimate of drug-likeness (QED) is 0.836. The van der Waals surface area contributed by atoms with Crippen LogP contribution in [-0.4, -0.2) is 22.3 Å². The van der Waals surface area contributed by atoms with Crippen LogP contribution in [0.3, 0.4) is 0 Å². The molecule has 1 aromatic rings. The zero-order chi connectivity index (χ0) is 15.2. The molecule has 0 atom stereocenters. The molecule has 0 bridgehead atoms. The molecule has 0 radical (unpaired) electrons. The predicted molar refractivity (Wildman–Crippen MR) is 78.6 cm³/mol. The first-order chi connectivity index (χ1) is 9.26. The van der Waals surface area contributed by atoms with Crippen molar-refractivity contribution < 1.29 is 14.0 Å². The molecule has 0 spiro atoms. The third kappa shape index (κ3) is 7.13. The van der Waals surface area contributed by atoms with Gasteiger partial charge in [-0.25, -0.2) is 4.39 Å². The maximum absolute atomic E-state index is 12.7. The van der Waals surface area contributed by atoms with E-state index < -0.39 is 0 Å². The van der Waals surface area contributed by atoms with Crippen LogP contribution in [0.2, 0.25) is 0 Å². The average molecular weight is 298 g/mol. The second kappa shape index (κ2) is 7.28. The smallest absolute Gasteiger partial charge is 0.248 e. The minimum Gasteiger partial charge on any atom is -0.273 e. The van der Waals surface area contributed by atoms with E-state index in [0.717, 1.165) is 0 Å². The number of benzene rings is 1. The summed E-state index contributed by atoms with van der Waals surface area (Å²) in [5.74, 6) is -0.662. The van der Waals surface area contributed by atoms with Gasteiger partial charge < -0.3 is 0 Å². The van der Waals surface area contributed by atoms with Crippen molar-refractivity contribution in [1.82, 2.24) is 10.9 Å². The lowest BCUT2D eigenvalue weighted by atomic mass is 10.1. The van der Waals surface area contributed by atoms with E-state index in [2.05, 4.69) is 10.9 Å². The van der Waals surface area contributed by atoms with Gasteiger partial charge in [0, 0.05) is 4.75 Å². The molecule has 4 nitrogen and oxygen atoms in total. The fourth-order valence-electron chi connectivity index (χ4n) is 1.29. The highest BCUT2D eigenvalue weighted by atomic mass is 32.2. The van der Waals surface area contributed by atoms with Gasteiger partial charge in [0.2, 0.25) is 11.8 Å². The molecule has 0 saturated heterocycles. The highest BCUT2D eigenvalue weighted by molar-refractivity contribution is 8.01. The molecule has 1 aromatic carbocycles. The van der Waals surface area contributed by atoms with Crippen LogP contribution in [0, 0.1) is 5.82 Å². The van der Waals surface area contributed by atoms with Crippen molar-refractivity contribution >= 4 is 23.6 Å². The summed E-state index contributed by atoms with van der Waals surface area (Å²) in [5, 5.41) is 0. The van der Waals surface area contributed by atoms with Gasteiger partial charge in [-0.15, -0.1) is 11.8 Å². The summed E-state index contributed by atoms with van der Waals surface area (Å²) < 4.78 is 12.7. The summed E-state index contributed by atoms with van der Waals surface area (Å²) in [7, 11) is 0. The standard InChI is InChI=1S/C14H19FN2O2S/c1-14(2,3)20-9-13(19)17-16-12(18)8-10-4-6-11(15)7-5-10/h4-7H,8-9H2,1-3H3,(H,16,18)(H,17,19). The van der Waals surface area contributed by atoms with Crippen LogP contribution in [-0.2, 0) is 16.0 Å². The van der Waals surface area contributed by atoms with Crippen molar-refractivity contribution in [3.05, 3.63) is 35.6 Å². The molecule has 0 unspecified atom stereocenters. The van der Waals surface area contributed by atoms with Gasteiger partial charge in [-0.2, -0.15) is 0 Å². The highest BCUT2D eigenvalue weighted by Crippen LogP contribution is 2.22. The number of thioether (sulfide) groups is 1. The number of carbonyl (C=O) groups excluding carboxylic acids is 2. The van der Waals surface area contributed by atoms with Gasteiger partial charge >= 0.3 is 0 Å². The van der Waals surface area contributed by atoms with E-state index in [9.17, 15) is 14.0 Å². The zero-order valence-electron chi connectivity index (χ0n) is 11.8. The number of hydrogen-bond donors (Lipinski definition) is 2. The van der Waals surface area contributed by atoms with E-state index in [1.165, 1.54) is 36.0 Å². The number of carbonyl (C=O) groups is 2. The highest BCUT2D eigenvalue weighted by Gasteiger charge is 2.13. The molecular formula is C14H19FN2O2S. The summed E-state index contributed by atoms with van der Waals surface area (Å²) in [4.78, 5) is 23.1. The average Bonchev–Trinajstić information content (AvgIpc) is 2.36. The van der Waals surface area contributed by atoms with E-state index in [1.54, 1.807) is 0 Å². The Balaban J connectivity index is 2.29. The van der Waals surface area contributed by atoms with Gasteiger partial charge in [-0.05, 0) is 17.7 Å². The second-order valence-electron chi connectivity index (χ2n) is 5.30. The molecule has 1 rings (SSSR count). The van der Waals surface area contributed by atoms with Crippen molar-refractivity contribution in [3.8, 4) is 0 Å². The van der Waals surface area contributed by atoms with Gasteiger partial charge in [0.25, 0.3) is 0 Å². The molecular weight excluding hydrogens is 279 g/mol. The van der Waals surface area contributed by atoms with E-state index >= 15 is 0 Å². The fourth-order valence-corrected chi connectivity index (χ4v) is 1.93. The minimum absolute atomic E-state index is 0.00450. The normalized spacial score (nSPS) is 11.0. The lowest BCUT2D eigenvalue weighted by Crippen LogP contribution is -2.43. The molecule has 110 valence electrons. The molecule has 0 saturated carbocycles. The Morgan fingerprint density at radius 2 is 1.65 bits per heavy atom. The Morgan fingerprint density at radius 1 is 1.10 bits per heavy atom. The second-order valence-corrected chi connectivity index (χ2v) is 7.10. The van der Waals surface area contributed by atoms with Crippen LogP contribution in [0.25, 0.3) is 0 Å². The largest absolute Gasteiger partial charge is 0.273 e. The molecule has 20 heavy (non-hydrogen) atoms. The lowest BCUT2D eigenvalue weighted by Gasteiger charge is -2.17. The molecule has 2 amide bonds. The third-order valence-corrected chi connectivity index (χ3v) is 3.53. The van der Waals surface area contributed by atoms with Crippen molar-refractivity contribution in [3.63, 3.8) is 0 Å². The topological polar surface area (TPSA) is 58.2 Å². The summed E-state index contributed by atoms with van der Waals surface area (Å²) in [5.41, 5.74) is 5.37. The van der Waals surface area contributed by atoms with E-state index in [0.29, 0.717) is 5.56 Å². The Bertz CT molecular complexity index is 469. The molecule has 0 aliphatic carbocycles. The molecule has 0 aromatic heterocycles. The summed E-state index contributed by atoms with van der Waals surface area (Å²) >= 11 is 1.49. The van der Waals surface area contributed by atoms with Gasteiger partial charge in [-0.1, -0.05) is 32.9 Å². The van der Waals surface area contributed by atoms with Crippen LogP contribution in [0.5, 0.6) is 0 Å². The molecule has 6 heteroatoms. The first kappa shape index (κ1) is 16.5. The molecule has 0 aliphatic heterocycles. The maximum Gasteiger partial charge on any atom is 0.248 e. The first-order valence-electron chi connectivity index (χ1n) is 6.22. The third-order valence-electron chi connectivity index (χ3n) is 2.26. The molecule has 2 N–H and O–H groups in total. The van der Waals surface area contributed by atoms with Crippen molar-refractivity contribution in [2.24, 2.45) is 0 Å². The summed E-state index contributed by atoms with van der Waals surface area (Å²) in [6.45, 7) is 6.04. The molecule has 0 heterocycles. The van der Waals surface area contributed by atoms with E-state index in [4.69, 9.17) is 0 Å². The van der Waals surface area contributed by atoms with Crippen LogP contribution >= 0.6 is 11.8 Å². The molecule has 0 aliphatic rings. The first-order valence-corrected chi connectivity index (χ1v) is 7.21. The number of hydrogen-bond acceptors (Lipinski definition) is 3. The Labute approximate surface area is 122 Å². The Morgan fingerprint density at radius 3 is 2.20 bits per heavy atom. The lowest BCUT2D eigenvalue weighted by molar-refractivity contribution is -0.127. The molecule has 0 fully saturated rings. The van der Waals surface area contributed by atoms with E-state index in [1.807, 2.05) is 20.8 Å². The van der Waals surface area contributed by atoms with Crippen LogP contribution in [0.15, 0.2) is 24.3 Å². The van der Waals surface area contributed by atoms with Crippen LogP contribution in [0.1, 0.15) is 26.3 Å². The Kier molecular flexibility index (Phi) is 6.01. The van der Waals surface area contributed by atoms with Gasteiger partial charge in [0.1, 0.15) is 5.82 Å². The number of hydrazine groups is 1. The van der Waals surface area contributed by atoms with Crippen molar-refractivity contribution in [2.75, 3.05) is 5.75 Å². The minimum atomic E-state index is -0.346. The fraction of sp³-hybridized carbons (Fsp3) is 0.429. The number of halogens is 1. The Hall–Kier alpha value is -1.56. The SMILES string of the molecule is CC(C)(C)SCC(=O)NNC(=O)Cc1ccc(F)cc1. The van der Waals surface area contributed by atoms with Crippen LogP contribution in [0.4, 0.5) is 4.39 Å². The van der Waals surface area contributed by atoms with Gasteiger partial charge in [0.15, 0.2) is 0 Å². The maximum atomic E-state index is 12.7. The predicted octanol–water partition coefficient (Wildman–Crippen LogP) is 2.05. The van der Waals surface area contributed by atoms with Crippen molar-refractivity contribution in [2.45, 2.75) is 31.9 Å².